The van der Waals surface area contributed by atoms with Gasteiger partial charge in [0.1, 0.15) is 0 Å². The van der Waals surface area contributed by atoms with E-state index in [0.717, 1.165) is 21.3 Å². The monoisotopic (exact) mass is 258 g/mol. The van der Waals surface area contributed by atoms with E-state index < -0.39 is 0 Å². The third-order valence-electron chi connectivity index (χ3n) is 2.24. The Labute approximate surface area is 97.8 Å². The summed E-state index contributed by atoms with van der Waals surface area (Å²) in [5.41, 5.74) is 15.2. The van der Waals surface area contributed by atoms with Gasteiger partial charge in [0.05, 0.1) is 0 Å². The van der Waals surface area contributed by atoms with Crippen molar-refractivity contribution in [3.63, 3.8) is 0 Å². The summed E-state index contributed by atoms with van der Waals surface area (Å²) < 4.78 is 1.12. The van der Waals surface area contributed by atoms with Crippen LogP contribution in [0.3, 0.4) is 0 Å². The summed E-state index contributed by atoms with van der Waals surface area (Å²) in [7, 11) is 0. The first-order chi connectivity index (χ1) is 7.16. The molecule has 0 unspecified atom stereocenters. The number of hydrogen-bond donors (Lipinski definition) is 2. The first kappa shape index (κ1) is 10.1. The van der Waals surface area contributed by atoms with Crippen molar-refractivity contribution < 1.29 is 0 Å². The molecule has 0 atom stereocenters. The van der Waals surface area contributed by atoms with E-state index in [-0.39, 0.29) is 0 Å². The molecule has 0 fully saturated rings. The maximum atomic E-state index is 5.70. The molecule has 2 radical (unpaired) electrons. The molecule has 0 saturated carbocycles. The van der Waals surface area contributed by atoms with Crippen molar-refractivity contribution in [3.05, 3.63) is 42.5 Å². The number of anilines is 2. The average Bonchev–Trinajstić information content (AvgIpc) is 2.20. The standard InChI is InChI=1S/C12H11AsN2/c13-12-7-10(15)5-6-11(12)8-1-3-9(14)4-2-8/h1-7H,14-15H2. The zero-order chi connectivity index (χ0) is 10.8. The summed E-state index contributed by atoms with van der Waals surface area (Å²) in [4.78, 5) is 0. The van der Waals surface area contributed by atoms with E-state index >= 15 is 0 Å². The van der Waals surface area contributed by atoms with E-state index in [9.17, 15) is 0 Å². The second kappa shape index (κ2) is 3.99. The second-order valence-corrected chi connectivity index (χ2v) is 4.41. The molecule has 0 saturated heterocycles. The maximum absolute atomic E-state index is 5.70. The molecule has 0 aliphatic carbocycles. The second-order valence-electron chi connectivity index (χ2n) is 3.40. The molecule has 0 aromatic heterocycles. The summed E-state index contributed by atoms with van der Waals surface area (Å²) in [5.74, 6) is 0. The molecule has 2 aromatic carbocycles. The van der Waals surface area contributed by atoms with Gasteiger partial charge < -0.3 is 0 Å². The quantitative estimate of drug-likeness (QED) is 0.598. The van der Waals surface area contributed by atoms with Crippen molar-refractivity contribution in [3.8, 4) is 11.1 Å². The number of nitrogen functional groups attached to an aromatic ring is 2. The van der Waals surface area contributed by atoms with Crippen molar-refractivity contribution in [2.75, 3.05) is 11.5 Å². The molecule has 74 valence electrons. The van der Waals surface area contributed by atoms with E-state index in [4.69, 9.17) is 11.5 Å². The van der Waals surface area contributed by atoms with Gasteiger partial charge in [-0.15, -0.1) is 0 Å². The summed E-state index contributed by atoms with van der Waals surface area (Å²) in [5, 5.41) is 0. The first-order valence-electron chi connectivity index (χ1n) is 4.61. The molecular weight excluding hydrogens is 247 g/mol. The van der Waals surface area contributed by atoms with Gasteiger partial charge >= 0.3 is 97.6 Å². The van der Waals surface area contributed by atoms with Crippen LogP contribution in [0.5, 0.6) is 0 Å². The normalized spacial score (nSPS) is 10.2. The summed E-state index contributed by atoms with van der Waals surface area (Å²) in [6, 6.07) is 13.7. The van der Waals surface area contributed by atoms with E-state index in [0.29, 0.717) is 0 Å². The van der Waals surface area contributed by atoms with Crippen LogP contribution in [0, 0.1) is 0 Å². The first-order valence-corrected chi connectivity index (χ1v) is 5.55. The minimum atomic E-state index is 0.779. The Kier molecular flexibility index (Phi) is 2.70. The van der Waals surface area contributed by atoms with Crippen molar-refractivity contribution >= 4 is 32.6 Å². The summed E-state index contributed by atoms with van der Waals surface area (Å²) in [6.07, 6.45) is 0. The van der Waals surface area contributed by atoms with Crippen LogP contribution in [0.15, 0.2) is 42.5 Å². The molecule has 3 heteroatoms. The van der Waals surface area contributed by atoms with Gasteiger partial charge in [0.15, 0.2) is 0 Å². The van der Waals surface area contributed by atoms with E-state index in [2.05, 4.69) is 16.9 Å². The minimum absolute atomic E-state index is 0.779. The topological polar surface area (TPSA) is 52.0 Å². The van der Waals surface area contributed by atoms with Crippen LogP contribution in [0.2, 0.25) is 0 Å². The predicted molar refractivity (Wildman–Crippen MR) is 66.1 cm³/mol. The van der Waals surface area contributed by atoms with Crippen LogP contribution in [-0.2, 0) is 0 Å². The van der Waals surface area contributed by atoms with Crippen LogP contribution in [0.4, 0.5) is 11.4 Å². The fraction of sp³-hybridized carbons (Fsp3) is 0. The number of rotatable bonds is 1. The Balaban J connectivity index is 2.49. The van der Waals surface area contributed by atoms with Gasteiger partial charge in [0.2, 0.25) is 0 Å². The molecule has 2 aromatic rings. The van der Waals surface area contributed by atoms with Crippen LogP contribution in [0.1, 0.15) is 0 Å². The number of benzene rings is 2. The molecule has 2 rings (SSSR count). The van der Waals surface area contributed by atoms with Gasteiger partial charge in [-0.3, -0.25) is 0 Å². The van der Waals surface area contributed by atoms with Crippen molar-refractivity contribution in [1.82, 2.24) is 0 Å². The van der Waals surface area contributed by atoms with Crippen molar-refractivity contribution in [2.24, 2.45) is 0 Å². The molecular formula is C12H11AsN2. The summed E-state index contributed by atoms with van der Waals surface area (Å²) in [6.45, 7) is 0. The van der Waals surface area contributed by atoms with Crippen LogP contribution < -0.4 is 15.8 Å². The average molecular weight is 258 g/mol. The van der Waals surface area contributed by atoms with Crippen LogP contribution >= 0.6 is 0 Å². The van der Waals surface area contributed by atoms with Gasteiger partial charge in [0.25, 0.3) is 0 Å². The fourth-order valence-corrected chi connectivity index (χ4v) is 2.20. The molecule has 0 aliphatic rings. The van der Waals surface area contributed by atoms with E-state index in [1.165, 1.54) is 5.56 Å². The molecule has 0 spiro atoms. The van der Waals surface area contributed by atoms with Gasteiger partial charge in [-0.1, -0.05) is 0 Å². The Morgan fingerprint density at radius 3 is 2.00 bits per heavy atom. The van der Waals surface area contributed by atoms with Gasteiger partial charge in [-0.2, -0.15) is 0 Å². The molecule has 0 bridgehead atoms. The van der Waals surface area contributed by atoms with Crippen LogP contribution in [0.25, 0.3) is 11.1 Å². The fourth-order valence-electron chi connectivity index (χ4n) is 1.46. The predicted octanol–water partition coefficient (Wildman–Crippen LogP) is 1.31. The summed E-state index contributed by atoms with van der Waals surface area (Å²) >= 11 is 2.54. The molecule has 15 heavy (non-hydrogen) atoms. The van der Waals surface area contributed by atoms with Gasteiger partial charge in [-0.05, 0) is 0 Å². The Bertz CT molecular complexity index is 477. The molecule has 0 aliphatic heterocycles. The Morgan fingerprint density at radius 2 is 1.40 bits per heavy atom. The number of hydrogen-bond acceptors (Lipinski definition) is 2. The molecule has 2 nitrogen and oxygen atoms in total. The Hall–Kier alpha value is -1.40. The van der Waals surface area contributed by atoms with Crippen LogP contribution in [-0.4, -0.2) is 16.9 Å². The van der Waals surface area contributed by atoms with Crippen molar-refractivity contribution in [2.45, 2.75) is 0 Å². The van der Waals surface area contributed by atoms with E-state index in [1.54, 1.807) is 0 Å². The molecule has 0 amide bonds. The SMILES string of the molecule is Nc1ccc(-c2ccc(N)cc2[As])cc1. The third-order valence-corrected chi connectivity index (χ3v) is 3.02. The zero-order valence-corrected chi connectivity index (χ0v) is 10.0. The van der Waals surface area contributed by atoms with Gasteiger partial charge in [0, 0.05) is 0 Å². The van der Waals surface area contributed by atoms with Crippen molar-refractivity contribution in [1.29, 1.82) is 0 Å². The third kappa shape index (κ3) is 2.16. The molecule has 0 heterocycles. The Morgan fingerprint density at radius 1 is 0.800 bits per heavy atom. The van der Waals surface area contributed by atoms with Gasteiger partial charge in [-0.25, -0.2) is 0 Å². The van der Waals surface area contributed by atoms with E-state index in [1.807, 2.05) is 42.5 Å². The number of nitrogens with two attached hydrogens (primary N) is 2. The molecule has 4 N–H and O–H groups in total. The zero-order valence-electron chi connectivity index (χ0n) is 8.14.